The molecule has 1 saturated heterocycles. The van der Waals surface area contributed by atoms with Crippen LogP contribution in [0.15, 0.2) is 48.5 Å². The molecule has 2 heterocycles. The van der Waals surface area contributed by atoms with Crippen molar-refractivity contribution in [3.05, 3.63) is 82.2 Å². The third kappa shape index (κ3) is 8.10. The number of nitrogens with one attached hydrogen (secondary N) is 1. The fourth-order valence-corrected chi connectivity index (χ4v) is 6.19. The fourth-order valence-electron chi connectivity index (χ4n) is 6.19. The number of amides is 1. The highest BCUT2D eigenvalue weighted by atomic mass is 19.1. The zero-order valence-corrected chi connectivity index (χ0v) is 27.0. The minimum Gasteiger partial charge on any atom is -0.494 e. The Morgan fingerprint density at radius 2 is 1.73 bits per heavy atom. The van der Waals surface area contributed by atoms with E-state index in [4.69, 9.17) is 18.9 Å². The Morgan fingerprint density at radius 1 is 1.02 bits per heavy atom. The predicted octanol–water partition coefficient (Wildman–Crippen LogP) is 7.60. The first-order valence-electron chi connectivity index (χ1n) is 15.7. The summed E-state index contributed by atoms with van der Waals surface area (Å²) < 4.78 is 35.3. The summed E-state index contributed by atoms with van der Waals surface area (Å²) in [6, 6.07) is 16.3. The van der Waals surface area contributed by atoms with E-state index in [1.165, 1.54) is 35.7 Å². The van der Waals surface area contributed by atoms with Gasteiger partial charge in [0, 0.05) is 45.3 Å². The van der Waals surface area contributed by atoms with Crippen LogP contribution in [-0.2, 0) is 22.4 Å². The summed E-state index contributed by atoms with van der Waals surface area (Å²) in [7, 11) is 1.72. The highest BCUT2D eigenvalue weighted by molar-refractivity contribution is 5.90. The van der Waals surface area contributed by atoms with E-state index >= 15 is 0 Å². The van der Waals surface area contributed by atoms with Gasteiger partial charge in [0.25, 0.3) is 0 Å². The number of likely N-dealkylation sites (N-methyl/N-ethyl adjacent to an activating group) is 1. The number of methoxy groups -OCH3 is 1. The maximum atomic E-state index is 13.2. The van der Waals surface area contributed by atoms with Crippen LogP contribution >= 0.6 is 0 Å². The Labute approximate surface area is 261 Å². The molecule has 1 N–H and O–H groups in total. The molecule has 0 aliphatic carbocycles. The molecule has 44 heavy (non-hydrogen) atoms. The Kier molecular flexibility index (Phi) is 12.0. The molecule has 0 saturated carbocycles. The van der Waals surface area contributed by atoms with Crippen LogP contribution in [0.2, 0.25) is 0 Å². The van der Waals surface area contributed by atoms with Gasteiger partial charge in [0.15, 0.2) is 11.5 Å². The van der Waals surface area contributed by atoms with Crippen molar-refractivity contribution in [3.8, 4) is 17.2 Å². The quantitative estimate of drug-likeness (QED) is 0.227. The third-order valence-electron chi connectivity index (χ3n) is 8.43. The van der Waals surface area contributed by atoms with Crippen LogP contribution in [-0.4, -0.2) is 51.0 Å². The van der Waals surface area contributed by atoms with Crippen LogP contribution < -0.4 is 19.5 Å². The van der Waals surface area contributed by atoms with Gasteiger partial charge in [-0.3, -0.25) is 9.69 Å². The van der Waals surface area contributed by atoms with Crippen molar-refractivity contribution in [3.63, 3.8) is 0 Å². The number of carbonyl (C=O) groups excluding carboxylic acids is 1. The molecule has 1 amide bonds. The highest BCUT2D eigenvalue weighted by Gasteiger charge is 2.34. The molecule has 0 bridgehead atoms. The first-order valence-corrected chi connectivity index (χ1v) is 15.7. The van der Waals surface area contributed by atoms with Gasteiger partial charge < -0.3 is 24.3 Å². The van der Waals surface area contributed by atoms with Crippen molar-refractivity contribution in [2.75, 3.05) is 45.5 Å². The van der Waals surface area contributed by atoms with Crippen LogP contribution in [0.4, 0.5) is 10.1 Å². The smallest absolute Gasteiger partial charge is 0.231 e. The van der Waals surface area contributed by atoms with Gasteiger partial charge in [-0.2, -0.15) is 0 Å². The first kappa shape index (κ1) is 33.3. The van der Waals surface area contributed by atoms with Crippen LogP contribution in [0.3, 0.4) is 0 Å². The maximum absolute atomic E-state index is 13.2. The molecular weight excluding hydrogens is 559 g/mol. The summed E-state index contributed by atoms with van der Waals surface area (Å²) in [4.78, 5) is 13.6. The van der Waals surface area contributed by atoms with E-state index in [-0.39, 0.29) is 11.7 Å². The van der Waals surface area contributed by atoms with Crippen molar-refractivity contribution in [2.24, 2.45) is 0 Å². The Balaban J connectivity index is 0.000000249. The average molecular weight is 607 g/mol. The number of likely N-dealkylation sites (tertiary alicyclic amines) is 1. The van der Waals surface area contributed by atoms with Crippen LogP contribution in [0.25, 0.3) is 0 Å². The first-order chi connectivity index (χ1) is 21.3. The molecule has 3 aromatic rings. The zero-order valence-electron chi connectivity index (χ0n) is 27.0. The van der Waals surface area contributed by atoms with Gasteiger partial charge in [-0.15, -0.1) is 0 Å². The van der Waals surface area contributed by atoms with Crippen molar-refractivity contribution in [1.82, 2.24) is 4.90 Å². The number of fused-ring (bicyclic) bond motifs is 1. The number of rotatable bonds is 11. The van der Waals surface area contributed by atoms with E-state index in [1.54, 1.807) is 7.11 Å². The summed E-state index contributed by atoms with van der Waals surface area (Å²) >= 11 is 0. The lowest BCUT2D eigenvalue weighted by molar-refractivity contribution is -0.114. The number of anilines is 1. The lowest BCUT2D eigenvalue weighted by Gasteiger charge is -2.23. The summed E-state index contributed by atoms with van der Waals surface area (Å²) in [6.45, 7) is 13.6. The number of aryl methyl sites for hydroxylation is 2. The Morgan fingerprint density at radius 3 is 2.34 bits per heavy atom. The zero-order chi connectivity index (χ0) is 31.6. The minimum atomic E-state index is -0.238. The predicted molar refractivity (Wildman–Crippen MR) is 173 cm³/mol. The van der Waals surface area contributed by atoms with Gasteiger partial charge in [0.05, 0.1) is 6.61 Å². The molecule has 5 rings (SSSR count). The van der Waals surface area contributed by atoms with Crippen molar-refractivity contribution < 1.29 is 28.1 Å². The van der Waals surface area contributed by atoms with E-state index in [0.29, 0.717) is 38.2 Å². The molecule has 2 aliphatic heterocycles. The molecule has 1 fully saturated rings. The SMILES string of the molecule is CCN1CC(c2ccc3c(c2C)OCO3)CC1c1ccc(OCCCOC)cc1.CCc1cc(F)cc(CC)c1NC(C)=O. The standard InChI is InChI=1S/C24H31NO4.C12H16FNO/c1-4-25-15-19(21-10-11-23-24(17(21)2)29-16-28-23)14-22(25)18-6-8-20(9-7-18)27-13-5-12-26-3;1-4-9-6-11(13)7-10(5-2)12(9)14-8(3)15/h6-11,19,22H,4-5,12-16H2,1-3H3;6-7H,4-5H2,1-3H3,(H,14,15). The van der Waals surface area contributed by atoms with Gasteiger partial charge in [-0.1, -0.05) is 39.0 Å². The van der Waals surface area contributed by atoms with Crippen molar-refractivity contribution in [2.45, 2.75) is 72.3 Å². The monoisotopic (exact) mass is 606 g/mol. The number of halogens is 1. The fraction of sp³-hybridized carbons (Fsp3) is 0.472. The van der Waals surface area contributed by atoms with E-state index in [0.717, 1.165) is 66.6 Å². The normalized spacial score (nSPS) is 17.2. The average Bonchev–Trinajstić information content (AvgIpc) is 3.69. The second-order valence-corrected chi connectivity index (χ2v) is 11.3. The lowest BCUT2D eigenvalue weighted by atomic mass is 9.90. The number of hydrogen-bond acceptors (Lipinski definition) is 6. The number of ether oxygens (including phenoxy) is 4. The van der Waals surface area contributed by atoms with Crippen molar-refractivity contribution >= 4 is 11.6 Å². The molecular formula is C36H47FN2O5. The van der Waals surface area contributed by atoms with E-state index in [1.807, 2.05) is 13.8 Å². The van der Waals surface area contributed by atoms with Gasteiger partial charge in [-0.05, 0) is 96.8 Å². The van der Waals surface area contributed by atoms with E-state index in [9.17, 15) is 9.18 Å². The van der Waals surface area contributed by atoms with Gasteiger partial charge in [0.1, 0.15) is 11.6 Å². The molecule has 2 aliphatic rings. The third-order valence-corrected chi connectivity index (χ3v) is 8.43. The molecule has 0 radical (unpaired) electrons. The summed E-state index contributed by atoms with van der Waals surface area (Å²) in [5.41, 5.74) is 6.43. The minimum absolute atomic E-state index is 0.119. The van der Waals surface area contributed by atoms with Crippen LogP contribution in [0.5, 0.6) is 17.2 Å². The number of benzene rings is 3. The second kappa shape index (κ2) is 15.9. The van der Waals surface area contributed by atoms with Crippen LogP contribution in [0, 0.1) is 12.7 Å². The van der Waals surface area contributed by atoms with Crippen LogP contribution in [0.1, 0.15) is 80.3 Å². The Hall–Kier alpha value is -3.62. The largest absolute Gasteiger partial charge is 0.494 e. The van der Waals surface area contributed by atoms with Gasteiger partial charge in [0.2, 0.25) is 12.7 Å². The molecule has 7 nitrogen and oxygen atoms in total. The molecule has 238 valence electrons. The molecule has 0 aromatic heterocycles. The molecule has 0 spiro atoms. The number of hydrogen-bond donors (Lipinski definition) is 1. The molecule has 2 unspecified atom stereocenters. The second-order valence-electron chi connectivity index (χ2n) is 11.3. The van der Waals surface area contributed by atoms with Gasteiger partial charge >= 0.3 is 0 Å². The molecule has 2 atom stereocenters. The molecule has 3 aromatic carbocycles. The van der Waals surface area contributed by atoms with Crippen molar-refractivity contribution in [1.29, 1.82) is 0 Å². The summed E-state index contributed by atoms with van der Waals surface area (Å²) in [5, 5.41) is 2.77. The van der Waals surface area contributed by atoms with Gasteiger partial charge in [-0.25, -0.2) is 4.39 Å². The molecule has 8 heteroatoms. The Bertz CT molecular complexity index is 1370. The lowest BCUT2D eigenvalue weighted by Crippen LogP contribution is -2.23. The highest BCUT2D eigenvalue weighted by Crippen LogP contribution is 2.45. The van der Waals surface area contributed by atoms with E-state index < -0.39 is 0 Å². The summed E-state index contributed by atoms with van der Waals surface area (Å²) in [6.07, 6.45) is 3.43. The number of carbonyl (C=O) groups is 1. The number of nitrogens with zero attached hydrogens (tertiary/aromatic N) is 1. The summed E-state index contributed by atoms with van der Waals surface area (Å²) in [5.74, 6) is 2.86. The maximum Gasteiger partial charge on any atom is 0.231 e. The topological polar surface area (TPSA) is 69.3 Å². The van der Waals surface area contributed by atoms with E-state index in [2.05, 4.69) is 60.5 Å².